The molecule has 1 amide bonds. The van der Waals surface area contributed by atoms with Crippen LogP contribution in [0.2, 0.25) is 0 Å². The lowest BCUT2D eigenvalue weighted by molar-refractivity contribution is -0.148. The van der Waals surface area contributed by atoms with Gasteiger partial charge in [-0.1, -0.05) is 12.1 Å². The van der Waals surface area contributed by atoms with Gasteiger partial charge in [-0.15, -0.1) is 0 Å². The molecule has 0 saturated heterocycles. The number of para-hydroxylation sites is 1. The number of carbonyl (C=O) groups is 2. The van der Waals surface area contributed by atoms with Crippen molar-refractivity contribution in [3.05, 3.63) is 58.3 Å². The van der Waals surface area contributed by atoms with E-state index in [0.29, 0.717) is 19.3 Å². The van der Waals surface area contributed by atoms with Crippen molar-refractivity contribution in [1.29, 1.82) is 0 Å². The van der Waals surface area contributed by atoms with E-state index < -0.39 is 28.8 Å². The number of carbonyl (C=O) groups excluding carboxylic acids is 1. The number of nitrogens with zero attached hydrogens (tertiary/aromatic N) is 2. The summed E-state index contributed by atoms with van der Waals surface area (Å²) in [5.41, 5.74) is -2.15. The number of hydrogen-bond acceptors (Lipinski definition) is 4. The van der Waals surface area contributed by atoms with E-state index in [9.17, 15) is 23.9 Å². The van der Waals surface area contributed by atoms with Gasteiger partial charge in [0.25, 0.3) is 11.5 Å². The van der Waals surface area contributed by atoms with Crippen LogP contribution in [0.4, 0.5) is 4.39 Å². The number of nitrogens with one attached hydrogen (secondary N) is 1. The summed E-state index contributed by atoms with van der Waals surface area (Å²) in [5, 5.41) is 15.6. The number of benzene rings is 1. The van der Waals surface area contributed by atoms with E-state index in [-0.39, 0.29) is 11.4 Å². The van der Waals surface area contributed by atoms with E-state index >= 15 is 0 Å². The zero-order valence-corrected chi connectivity index (χ0v) is 12.5. The van der Waals surface area contributed by atoms with Gasteiger partial charge in [-0.25, -0.2) is 9.18 Å². The first-order chi connectivity index (χ1) is 11.4. The van der Waals surface area contributed by atoms with Crippen LogP contribution in [-0.2, 0) is 4.79 Å². The number of hydrogen-bond donors (Lipinski definition) is 2. The highest BCUT2D eigenvalue weighted by Gasteiger charge is 2.46. The van der Waals surface area contributed by atoms with Crippen molar-refractivity contribution in [2.75, 3.05) is 0 Å². The molecule has 8 heteroatoms. The second kappa shape index (κ2) is 5.88. The van der Waals surface area contributed by atoms with Gasteiger partial charge in [0.1, 0.15) is 22.7 Å². The van der Waals surface area contributed by atoms with Crippen molar-refractivity contribution in [1.82, 2.24) is 15.1 Å². The topological polar surface area (TPSA) is 101 Å². The van der Waals surface area contributed by atoms with Gasteiger partial charge in [0, 0.05) is 6.07 Å². The van der Waals surface area contributed by atoms with E-state index in [0.717, 1.165) is 10.7 Å². The summed E-state index contributed by atoms with van der Waals surface area (Å²) in [7, 11) is 0. The van der Waals surface area contributed by atoms with E-state index in [1.807, 2.05) is 0 Å². The van der Waals surface area contributed by atoms with Crippen LogP contribution in [0.5, 0.6) is 0 Å². The Balaban J connectivity index is 1.94. The van der Waals surface area contributed by atoms with Crippen LogP contribution in [0.1, 0.15) is 29.8 Å². The van der Waals surface area contributed by atoms with Crippen LogP contribution >= 0.6 is 0 Å². The molecular formula is C16H14FN3O4. The van der Waals surface area contributed by atoms with E-state index in [1.165, 1.54) is 30.3 Å². The molecule has 1 saturated carbocycles. The average Bonchev–Trinajstić information content (AvgIpc) is 2.51. The molecule has 0 bridgehead atoms. The quantitative estimate of drug-likeness (QED) is 0.874. The Kier molecular flexibility index (Phi) is 3.88. The third kappa shape index (κ3) is 2.66. The molecule has 3 rings (SSSR count). The first-order valence-electron chi connectivity index (χ1n) is 7.34. The number of aliphatic carboxylic acids is 1. The molecule has 0 atom stereocenters. The predicted molar refractivity (Wildman–Crippen MR) is 81.5 cm³/mol. The lowest BCUT2D eigenvalue weighted by atomic mass is 9.76. The summed E-state index contributed by atoms with van der Waals surface area (Å²) in [4.78, 5) is 35.5. The molecule has 1 aliphatic carbocycles. The average molecular weight is 331 g/mol. The Hall–Kier alpha value is -3.03. The molecule has 2 N–H and O–H groups in total. The first-order valence-corrected chi connectivity index (χ1v) is 7.34. The normalized spacial score (nSPS) is 15.4. The molecule has 1 aromatic heterocycles. The summed E-state index contributed by atoms with van der Waals surface area (Å²) in [6, 6.07) is 7.80. The fourth-order valence-corrected chi connectivity index (χ4v) is 2.53. The maximum atomic E-state index is 13.9. The Labute approximate surface area is 135 Å². The van der Waals surface area contributed by atoms with E-state index in [2.05, 4.69) is 10.4 Å². The Morgan fingerprint density at radius 3 is 2.50 bits per heavy atom. The highest BCUT2D eigenvalue weighted by Crippen LogP contribution is 2.32. The smallest absolute Gasteiger partial charge is 0.329 e. The number of halogens is 1. The van der Waals surface area contributed by atoms with Crippen LogP contribution in [-0.4, -0.2) is 32.3 Å². The Morgan fingerprint density at radius 2 is 1.92 bits per heavy atom. The molecule has 0 unspecified atom stereocenters. The van der Waals surface area contributed by atoms with Crippen molar-refractivity contribution in [3.63, 3.8) is 0 Å². The summed E-state index contributed by atoms with van der Waals surface area (Å²) in [5.74, 6) is -2.49. The SMILES string of the molecule is O=C(NC1(C(=O)O)CCC1)c1ccc(=O)n(-c2ccccc2F)n1. The van der Waals surface area contributed by atoms with Gasteiger partial charge < -0.3 is 10.4 Å². The number of carboxylic acid groups (broad SMARTS) is 1. The van der Waals surface area contributed by atoms with Gasteiger partial charge in [0.05, 0.1) is 0 Å². The second-order valence-electron chi connectivity index (χ2n) is 5.61. The maximum absolute atomic E-state index is 13.9. The summed E-state index contributed by atoms with van der Waals surface area (Å²) in [6.45, 7) is 0. The van der Waals surface area contributed by atoms with Gasteiger partial charge in [-0.3, -0.25) is 9.59 Å². The second-order valence-corrected chi connectivity index (χ2v) is 5.61. The van der Waals surface area contributed by atoms with E-state index in [4.69, 9.17) is 0 Å². The zero-order valence-electron chi connectivity index (χ0n) is 12.5. The predicted octanol–water partition coefficient (Wildman–Crippen LogP) is 1.11. The van der Waals surface area contributed by atoms with Crippen LogP contribution in [0.15, 0.2) is 41.2 Å². The number of amides is 1. The van der Waals surface area contributed by atoms with Gasteiger partial charge in [-0.05, 0) is 37.5 Å². The third-order valence-electron chi connectivity index (χ3n) is 4.08. The summed E-state index contributed by atoms with van der Waals surface area (Å²) >= 11 is 0. The van der Waals surface area contributed by atoms with Crippen molar-refractivity contribution in [2.24, 2.45) is 0 Å². The number of aromatic nitrogens is 2. The fourth-order valence-electron chi connectivity index (χ4n) is 2.53. The Bertz CT molecular complexity index is 874. The molecule has 24 heavy (non-hydrogen) atoms. The minimum Gasteiger partial charge on any atom is -0.480 e. The maximum Gasteiger partial charge on any atom is 0.329 e. The molecule has 2 aromatic rings. The number of rotatable bonds is 4. The lowest BCUT2D eigenvalue weighted by Gasteiger charge is -2.38. The molecule has 0 radical (unpaired) electrons. The largest absolute Gasteiger partial charge is 0.480 e. The molecule has 1 aromatic carbocycles. The standard InChI is InChI=1S/C16H14FN3O4/c17-10-4-1-2-5-12(10)20-13(21)7-6-11(19-20)14(22)18-16(15(23)24)8-3-9-16/h1-2,4-7H,3,8-9H2,(H,18,22)(H,23,24). The molecule has 124 valence electrons. The van der Waals surface area contributed by atoms with E-state index in [1.54, 1.807) is 0 Å². The lowest BCUT2D eigenvalue weighted by Crippen LogP contribution is -2.59. The first kappa shape index (κ1) is 15.9. The third-order valence-corrected chi connectivity index (χ3v) is 4.08. The van der Waals surface area contributed by atoms with Crippen molar-refractivity contribution in [2.45, 2.75) is 24.8 Å². The molecule has 1 fully saturated rings. The highest BCUT2D eigenvalue weighted by molar-refractivity contribution is 5.96. The van der Waals surface area contributed by atoms with Crippen molar-refractivity contribution < 1.29 is 19.1 Å². The molecule has 1 heterocycles. The van der Waals surface area contributed by atoms with Crippen LogP contribution in [0, 0.1) is 5.82 Å². The van der Waals surface area contributed by atoms with Gasteiger partial charge in [0.2, 0.25) is 0 Å². The minimum atomic E-state index is -1.29. The van der Waals surface area contributed by atoms with Crippen LogP contribution in [0.3, 0.4) is 0 Å². The highest BCUT2D eigenvalue weighted by atomic mass is 19.1. The van der Waals surface area contributed by atoms with Gasteiger partial charge >= 0.3 is 5.97 Å². The van der Waals surface area contributed by atoms with Crippen LogP contribution in [0.25, 0.3) is 5.69 Å². The molecular weight excluding hydrogens is 317 g/mol. The molecule has 0 spiro atoms. The monoisotopic (exact) mass is 331 g/mol. The zero-order chi connectivity index (χ0) is 17.3. The minimum absolute atomic E-state index is 0.0891. The number of carboxylic acids is 1. The summed E-state index contributed by atoms with van der Waals surface area (Å²) < 4.78 is 14.6. The molecule has 1 aliphatic rings. The summed E-state index contributed by atoms with van der Waals surface area (Å²) in [6.07, 6.45) is 1.37. The van der Waals surface area contributed by atoms with Crippen molar-refractivity contribution in [3.8, 4) is 5.69 Å². The van der Waals surface area contributed by atoms with Gasteiger partial charge in [0.15, 0.2) is 0 Å². The fraction of sp³-hybridized carbons (Fsp3) is 0.250. The Morgan fingerprint density at radius 1 is 1.21 bits per heavy atom. The van der Waals surface area contributed by atoms with Crippen LogP contribution < -0.4 is 10.9 Å². The molecule has 0 aliphatic heterocycles. The molecule has 7 nitrogen and oxygen atoms in total. The van der Waals surface area contributed by atoms with Crippen molar-refractivity contribution >= 4 is 11.9 Å². The van der Waals surface area contributed by atoms with Gasteiger partial charge in [-0.2, -0.15) is 9.78 Å².